The van der Waals surface area contributed by atoms with E-state index >= 15 is 0 Å². The lowest BCUT2D eigenvalue weighted by atomic mass is 9.97. The summed E-state index contributed by atoms with van der Waals surface area (Å²) in [6.07, 6.45) is 3.18. The van der Waals surface area contributed by atoms with Gasteiger partial charge in [0.15, 0.2) is 0 Å². The van der Waals surface area contributed by atoms with E-state index in [4.69, 9.17) is 5.73 Å². The molecule has 1 unspecified atom stereocenters. The number of aryl methyl sites for hydroxylation is 1. The Morgan fingerprint density at radius 2 is 2.22 bits per heavy atom. The van der Waals surface area contributed by atoms with E-state index in [9.17, 15) is 9.59 Å². The number of pyridine rings is 1. The van der Waals surface area contributed by atoms with Crippen LogP contribution in [0.1, 0.15) is 28.9 Å². The van der Waals surface area contributed by atoms with Crippen molar-refractivity contribution >= 4 is 23.2 Å². The molecule has 0 spiro atoms. The molecule has 3 rings (SSSR count). The second kappa shape index (κ2) is 6.45. The van der Waals surface area contributed by atoms with Crippen LogP contribution in [-0.2, 0) is 4.79 Å². The predicted octanol–water partition coefficient (Wildman–Crippen LogP) is 1.85. The first-order valence-corrected chi connectivity index (χ1v) is 8.39. The third-order valence-corrected chi connectivity index (χ3v) is 5.05. The van der Waals surface area contributed by atoms with E-state index < -0.39 is 0 Å². The third-order valence-electron chi connectivity index (χ3n) is 4.10. The summed E-state index contributed by atoms with van der Waals surface area (Å²) >= 11 is 1.50. The molecular weight excluding hydrogens is 312 g/mol. The van der Waals surface area contributed by atoms with Crippen molar-refractivity contribution in [1.82, 2.24) is 14.9 Å². The van der Waals surface area contributed by atoms with Crippen LogP contribution in [0.5, 0.6) is 0 Å². The van der Waals surface area contributed by atoms with Gasteiger partial charge in [0.2, 0.25) is 5.91 Å². The lowest BCUT2D eigenvalue weighted by molar-refractivity contribution is -0.123. The molecule has 6 nitrogen and oxygen atoms in total. The average molecular weight is 330 g/mol. The molecule has 3 heterocycles. The zero-order chi connectivity index (χ0) is 16.4. The normalized spacial score (nSPS) is 18.0. The Morgan fingerprint density at radius 1 is 1.39 bits per heavy atom. The Bertz CT molecular complexity index is 743. The molecule has 0 bridgehead atoms. The standard InChI is InChI=1S/C16H18N4O2S/c1-10-14(23-9-19-10)13-7-11(4-5-18-13)16(22)20-6-2-3-12(8-20)15(17)21/h4-5,7,9,12H,2-3,6,8H2,1H3,(H2,17,21). The van der Waals surface area contributed by atoms with Crippen molar-refractivity contribution in [3.8, 4) is 10.6 Å². The Kier molecular flexibility index (Phi) is 4.38. The number of primary amides is 1. The van der Waals surface area contributed by atoms with Crippen LogP contribution in [0.2, 0.25) is 0 Å². The zero-order valence-corrected chi connectivity index (χ0v) is 13.7. The minimum Gasteiger partial charge on any atom is -0.369 e. The first-order valence-electron chi connectivity index (χ1n) is 7.51. The highest BCUT2D eigenvalue weighted by molar-refractivity contribution is 7.13. The van der Waals surface area contributed by atoms with E-state index in [1.807, 2.05) is 6.92 Å². The summed E-state index contributed by atoms with van der Waals surface area (Å²) < 4.78 is 0. The Balaban J connectivity index is 1.83. The van der Waals surface area contributed by atoms with E-state index in [0.717, 1.165) is 29.1 Å². The average Bonchev–Trinajstić information content (AvgIpc) is 3.00. The second-order valence-electron chi connectivity index (χ2n) is 5.69. The second-order valence-corrected chi connectivity index (χ2v) is 6.54. The van der Waals surface area contributed by atoms with Crippen LogP contribution in [0.15, 0.2) is 23.8 Å². The Labute approximate surface area is 138 Å². The zero-order valence-electron chi connectivity index (χ0n) is 12.9. The molecule has 2 aromatic heterocycles. The number of likely N-dealkylation sites (tertiary alicyclic amines) is 1. The third kappa shape index (κ3) is 3.24. The van der Waals surface area contributed by atoms with Crippen LogP contribution in [0.4, 0.5) is 0 Å². The lowest BCUT2D eigenvalue weighted by Gasteiger charge is -2.31. The number of aromatic nitrogens is 2. The molecule has 2 aromatic rings. The van der Waals surface area contributed by atoms with Gasteiger partial charge < -0.3 is 10.6 Å². The van der Waals surface area contributed by atoms with E-state index in [1.54, 1.807) is 28.7 Å². The summed E-state index contributed by atoms with van der Waals surface area (Å²) in [6, 6.07) is 3.49. The van der Waals surface area contributed by atoms with E-state index in [-0.39, 0.29) is 17.7 Å². The number of rotatable bonds is 3. The molecule has 1 fully saturated rings. The van der Waals surface area contributed by atoms with Crippen LogP contribution in [0, 0.1) is 12.8 Å². The van der Waals surface area contributed by atoms with Gasteiger partial charge in [-0.25, -0.2) is 4.98 Å². The molecule has 1 aliphatic rings. The molecule has 2 N–H and O–H groups in total. The van der Waals surface area contributed by atoms with Crippen molar-refractivity contribution in [2.75, 3.05) is 13.1 Å². The number of carbonyl (C=O) groups is 2. The van der Waals surface area contributed by atoms with Crippen LogP contribution in [0.3, 0.4) is 0 Å². The van der Waals surface area contributed by atoms with Gasteiger partial charge in [-0.05, 0) is 31.9 Å². The van der Waals surface area contributed by atoms with Gasteiger partial charge in [-0.2, -0.15) is 0 Å². The fourth-order valence-electron chi connectivity index (χ4n) is 2.81. The molecule has 2 amide bonds. The van der Waals surface area contributed by atoms with Crippen molar-refractivity contribution in [3.05, 3.63) is 35.1 Å². The monoisotopic (exact) mass is 330 g/mol. The molecule has 120 valence electrons. The van der Waals surface area contributed by atoms with Crippen molar-refractivity contribution in [2.45, 2.75) is 19.8 Å². The number of carbonyl (C=O) groups excluding carboxylic acids is 2. The highest BCUT2D eigenvalue weighted by Gasteiger charge is 2.27. The molecule has 0 aromatic carbocycles. The minimum absolute atomic E-state index is 0.0817. The molecule has 0 saturated carbocycles. The van der Waals surface area contributed by atoms with Gasteiger partial charge in [-0.1, -0.05) is 0 Å². The summed E-state index contributed by atoms with van der Waals surface area (Å²) in [5.74, 6) is -0.669. The minimum atomic E-state index is -0.335. The summed E-state index contributed by atoms with van der Waals surface area (Å²) in [5, 5.41) is 0. The largest absolute Gasteiger partial charge is 0.369 e. The fraction of sp³-hybridized carbons (Fsp3) is 0.375. The predicted molar refractivity (Wildman–Crippen MR) is 87.9 cm³/mol. The molecule has 0 radical (unpaired) electrons. The van der Waals surface area contributed by atoms with Gasteiger partial charge in [0.25, 0.3) is 5.91 Å². The summed E-state index contributed by atoms with van der Waals surface area (Å²) in [4.78, 5) is 35.3. The highest BCUT2D eigenvalue weighted by atomic mass is 32.1. The number of amides is 2. The van der Waals surface area contributed by atoms with Gasteiger partial charge in [-0.3, -0.25) is 14.6 Å². The topological polar surface area (TPSA) is 89.2 Å². The quantitative estimate of drug-likeness (QED) is 0.930. The van der Waals surface area contributed by atoms with E-state index in [0.29, 0.717) is 18.7 Å². The Morgan fingerprint density at radius 3 is 2.91 bits per heavy atom. The number of hydrogen-bond donors (Lipinski definition) is 1. The SMILES string of the molecule is Cc1ncsc1-c1cc(C(=O)N2CCCC(C(N)=O)C2)ccn1. The van der Waals surface area contributed by atoms with Crippen molar-refractivity contribution < 1.29 is 9.59 Å². The first-order chi connectivity index (χ1) is 11.1. The van der Waals surface area contributed by atoms with Gasteiger partial charge in [0.1, 0.15) is 0 Å². The maximum Gasteiger partial charge on any atom is 0.254 e. The fourth-order valence-corrected chi connectivity index (χ4v) is 3.58. The number of nitrogens with two attached hydrogens (primary N) is 1. The summed E-state index contributed by atoms with van der Waals surface area (Å²) in [6.45, 7) is 2.97. The van der Waals surface area contributed by atoms with E-state index in [2.05, 4.69) is 9.97 Å². The molecule has 1 aliphatic heterocycles. The van der Waals surface area contributed by atoms with Crippen LogP contribution in [-0.4, -0.2) is 39.8 Å². The highest BCUT2D eigenvalue weighted by Crippen LogP contribution is 2.26. The maximum atomic E-state index is 12.7. The molecule has 1 saturated heterocycles. The molecule has 23 heavy (non-hydrogen) atoms. The summed E-state index contributed by atoms with van der Waals surface area (Å²) in [5.41, 5.74) is 9.38. The van der Waals surface area contributed by atoms with E-state index in [1.165, 1.54) is 11.3 Å². The lowest BCUT2D eigenvalue weighted by Crippen LogP contribution is -2.44. The number of nitrogens with zero attached hydrogens (tertiary/aromatic N) is 3. The van der Waals surface area contributed by atoms with Crippen LogP contribution in [0.25, 0.3) is 10.6 Å². The number of piperidine rings is 1. The van der Waals surface area contributed by atoms with Crippen molar-refractivity contribution in [2.24, 2.45) is 11.7 Å². The van der Waals surface area contributed by atoms with Crippen LogP contribution >= 0.6 is 11.3 Å². The van der Waals surface area contributed by atoms with Crippen LogP contribution < -0.4 is 5.73 Å². The Hall–Kier alpha value is -2.28. The van der Waals surface area contributed by atoms with Gasteiger partial charge in [0.05, 0.1) is 27.7 Å². The molecule has 0 aliphatic carbocycles. The maximum absolute atomic E-state index is 12.7. The molecular formula is C16H18N4O2S. The number of hydrogen-bond acceptors (Lipinski definition) is 5. The summed E-state index contributed by atoms with van der Waals surface area (Å²) in [7, 11) is 0. The van der Waals surface area contributed by atoms with Crippen molar-refractivity contribution in [3.63, 3.8) is 0 Å². The molecule has 7 heteroatoms. The molecule has 1 atom stereocenters. The van der Waals surface area contributed by atoms with Gasteiger partial charge >= 0.3 is 0 Å². The van der Waals surface area contributed by atoms with Crippen molar-refractivity contribution in [1.29, 1.82) is 0 Å². The van der Waals surface area contributed by atoms with Gasteiger partial charge in [-0.15, -0.1) is 11.3 Å². The first kappa shape index (κ1) is 15.6. The smallest absolute Gasteiger partial charge is 0.254 e. The number of thiazole rings is 1. The van der Waals surface area contributed by atoms with Gasteiger partial charge in [0, 0.05) is 24.8 Å².